The third kappa shape index (κ3) is 4.89. The second kappa shape index (κ2) is 7.83. The summed E-state index contributed by atoms with van der Waals surface area (Å²) in [6, 6.07) is 9.41. The van der Waals surface area contributed by atoms with Crippen molar-refractivity contribution >= 4 is 0 Å². The van der Waals surface area contributed by atoms with Crippen molar-refractivity contribution in [1.82, 2.24) is 0 Å². The summed E-state index contributed by atoms with van der Waals surface area (Å²) in [5.41, 5.74) is 6.99. The predicted octanol–water partition coefficient (Wildman–Crippen LogP) is 1.05. The molecule has 1 aromatic rings. The first-order chi connectivity index (χ1) is 7.86. The molecule has 1 aromatic carbocycles. The molecule has 0 spiro atoms. The van der Waals surface area contributed by atoms with Gasteiger partial charge in [-0.2, -0.15) is 5.26 Å². The number of nitrogens with zero attached hydrogens (tertiary/aromatic N) is 1. The van der Waals surface area contributed by atoms with Gasteiger partial charge in [-0.25, -0.2) is 0 Å². The number of benzene rings is 1. The number of nitrogens with two attached hydrogens (primary N) is 1. The van der Waals surface area contributed by atoms with Crippen molar-refractivity contribution in [3.8, 4) is 6.07 Å². The second-order valence-electron chi connectivity index (χ2n) is 3.26. The van der Waals surface area contributed by atoms with Gasteiger partial charge in [0, 0.05) is 6.54 Å². The topological polar surface area (TPSA) is 68.3 Å². The minimum absolute atomic E-state index is 0.537. The third-order valence-corrected chi connectivity index (χ3v) is 1.99. The molecule has 2 N–H and O–H groups in total. The van der Waals surface area contributed by atoms with Gasteiger partial charge in [-0.3, -0.25) is 0 Å². The van der Waals surface area contributed by atoms with Crippen LogP contribution in [-0.2, 0) is 16.1 Å². The van der Waals surface area contributed by atoms with E-state index in [-0.39, 0.29) is 0 Å². The standard InChI is InChI=1S/C12H16N2O2/c13-5-6-15-7-8-16-10-12-3-1-11(9-14)2-4-12/h1-4H,5-8,10,13H2. The molecule has 16 heavy (non-hydrogen) atoms. The van der Waals surface area contributed by atoms with Crippen LogP contribution in [0.1, 0.15) is 11.1 Å². The van der Waals surface area contributed by atoms with Gasteiger partial charge >= 0.3 is 0 Å². The smallest absolute Gasteiger partial charge is 0.0991 e. The first kappa shape index (κ1) is 12.7. The zero-order valence-corrected chi connectivity index (χ0v) is 9.19. The number of hydrogen-bond acceptors (Lipinski definition) is 4. The van der Waals surface area contributed by atoms with E-state index >= 15 is 0 Å². The van der Waals surface area contributed by atoms with Crippen LogP contribution < -0.4 is 5.73 Å². The lowest BCUT2D eigenvalue weighted by Crippen LogP contribution is -2.11. The normalized spacial score (nSPS) is 10.0. The minimum atomic E-state index is 0.537. The van der Waals surface area contributed by atoms with Crippen LogP contribution in [0.4, 0.5) is 0 Å². The van der Waals surface area contributed by atoms with Crippen molar-refractivity contribution in [2.45, 2.75) is 6.61 Å². The highest BCUT2D eigenvalue weighted by Gasteiger charge is 1.94. The highest BCUT2D eigenvalue weighted by Crippen LogP contribution is 2.04. The van der Waals surface area contributed by atoms with E-state index in [4.69, 9.17) is 20.5 Å². The van der Waals surface area contributed by atoms with E-state index < -0.39 is 0 Å². The summed E-state index contributed by atoms with van der Waals surface area (Å²) in [5.74, 6) is 0. The van der Waals surface area contributed by atoms with Crippen molar-refractivity contribution < 1.29 is 9.47 Å². The lowest BCUT2D eigenvalue weighted by Gasteiger charge is -2.05. The van der Waals surface area contributed by atoms with Gasteiger partial charge in [-0.1, -0.05) is 12.1 Å². The quantitative estimate of drug-likeness (QED) is 0.697. The van der Waals surface area contributed by atoms with E-state index in [1.165, 1.54) is 0 Å². The van der Waals surface area contributed by atoms with E-state index in [1.807, 2.05) is 12.1 Å². The molecule has 0 saturated carbocycles. The fourth-order valence-corrected chi connectivity index (χ4v) is 1.17. The molecule has 4 heteroatoms. The molecule has 0 heterocycles. The Labute approximate surface area is 95.6 Å². The maximum absolute atomic E-state index is 8.62. The lowest BCUT2D eigenvalue weighted by atomic mass is 10.2. The average Bonchev–Trinajstić information content (AvgIpc) is 2.34. The Kier molecular flexibility index (Phi) is 6.19. The molecule has 0 fully saturated rings. The van der Waals surface area contributed by atoms with Gasteiger partial charge in [0.05, 0.1) is 38.1 Å². The Morgan fingerprint density at radius 3 is 2.38 bits per heavy atom. The van der Waals surface area contributed by atoms with E-state index in [0.29, 0.717) is 38.5 Å². The molecule has 1 rings (SSSR count). The van der Waals surface area contributed by atoms with Crippen LogP contribution in [0, 0.1) is 11.3 Å². The molecule has 0 aliphatic carbocycles. The minimum Gasteiger partial charge on any atom is -0.378 e. The molecule has 0 atom stereocenters. The summed E-state index contributed by atoms with van der Waals surface area (Å²) in [7, 11) is 0. The van der Waals surface area contributed by atoms with E-state index in [2.05, 4.69) is 6.07 Å². The van der Waals surface area contributed by atoms with Crippen LogP contribution in [0.5, 0.6) is 0 Å². The van der Waals surface area contributed by atoms with Gasteiger partial charge in [0.1, 0.15) is 0 Å². The Morgan fingerprint density at radius 1 is 1.06 bits per heavy atom. The molecule has 0 unspecified atom stereocenters. The van der Waals surface area contributed by atoms with Crippen molar-refractivity contribution in [3.05, 3.63) is 35.4 Å². The first-order valence-electron chi connectivity index (χ1n) is 5.21. The lowest BCUT2D eigenvalue weighted by molar-refractivity contribution is 0.0433. The van der Waals surface area contributed by atoms with Gasteiger partial charge < -0.3 is 15.2 Å². The van der Waals surface area contributed by atoms with Crippen LogP contribution in [-0.4, -0.2) is 26.4 Å². The number of rotatable bonds is 7. The molecule has 0 aliphatic rings. The summed E-state index contributed by atoms with van der Waals surface area (Å²) >= 11 is 0. The summed E-state index contributed by atoms with van der Waals surface area (Å²) in [6.07, 6.45) is 0. The second-order valence-corrected chi connectivity index (χ2v) is 3.26. The number of ether oxygens (including phenoxy) is 2. The van der Waals surface area contributed by atoms with E-state index in [9.17, 15) is 0 Å². The largest absolute Gasteiger partial charge is 0.378 e. The van der Waals surface area contributed by atoms with Crippen LogP contribution >= 0.6 is 0 Å². The van der Waals surface area contributed by atoms with Gasteiger partial charge in [0.2, 0.25) is 0 Å². The maximum atomic E-state index is 8.62. The monoisotopic (exact) mass is 220 g/mol. The van der Waals surface area contributed by atoms with Crippen LogP contribution in [0.3, 0.4) is 0 Å². The highest BCUT2D eigenvalue weighted by molar-refractivity contribution is 5.31. The summed E-state index contributed by atoms with van der Waals surface area (Å²) in [4.78, 5) is 0. The molecule has 0 radical (unpaired) electrons. The van der Waals surface area contributed by atoms with Gasteiger partial charge in [0.25, 0.3) is 0 Å². The Morgan fingerprint density at radius 2 is 1.75 bits per heavy atom. The molecule has 0 bridgehead atoms. The van der Waals surface area contributed by atoms with Crippen LogP contribution in [0.25, 0.3) is 0 Å². The van der Waals surface area contributed by atoms with Crippen molar-refractivity contribution in [3.63, 3.8) is 0 Å². The summed E-state index contributed by atoms with van der Waals surface area (Å²) in [6.45, 7) is 2.76. The number of hydrogen-bond donors (Lipinski definition) is 1. The number of nitriles is 1. The highest BCUT2D eigenvalue weighted by atomic mass is 16.5. The van der Waals surface area contributed by atoms with Crippen LogP contribution in [0.15, 0.2) is 24.3 Å². The molecule has 4 nitrogen and oxygen atoms in total. The molecule has 0 saturated heterocycles. The fraction of sp³-hybridized carbons (Fsp3) is 0.417. The first-order valence-corrected chi connectivity index (χ1v) is 5.21. The fourth-order valence-electron chi connectivity index (χ4n) is 1.17. The molecule has 0 aliphatic heterocycles. The van der Waals surface area contributed by atoms with Crippen LogP contribution in [0.2, 0.25) is 0 Å². The average molecular weight is 220 g/mol. The Hall–Kier alpha value is -1.41. The summed E-state index contributed by atoms with van der Waals surface area (Å²) < 4.78 is 10.6. The zero-order chi connectivity index (χ0) is 11.6. The van der Waals surface area contributed by atoms with Gasteiger partial charge in [-0.05, 0) is 17.7 Å². The Balaban J connectivity index is 2.15. The summed E-state index contributed by atoms with van der Waals surface area (Å²) in [5, 5.41) is 8.62. The molecule has 86 valence electrons. The SMILES string of the molecule is N#Cc1ccc(COCCOCCN)cc1. The van der Waals surface area contributed by atoms with Gasteiger partial charge in [-0.15, -0.1) is 0 Å². The predicted molar refractivity (Wildman–Crippen MR) is 60.7 cm³/mol. The van der Waals surface area contributed by atoms with Gasteiger partial charge in [0.15, 0.2) is 0 Å². The molecular weight excluding hydrogens is 204 g/mol. The molecule has 0 amide bonds. The Bertz CT molecular complexity index is 330. The zero-order valence-electron chi connectivity index (χ0n) is 9.19. The third-order valence-electron chi connectivity index (χ3n) is 1.99. The molecule has 0 aromatic heterocycles. The van der Waals surface area contributed by atoms with Crippen molar-refractivity contribution in [2.75, 3.05) is 26.4 Å². The maximum Gasteiger partial charge on any atom is 0.0991 e. The van der Waals surface area contributed by atoms with E-state index in [1.54, 1.807) is 12.1 Å². The van der Waals surface area contributed by atoms with E-state index in [0.717, 1.165) is 5.56 Å². The van der Waals surface area contributed by atoms with Crippen molar-refractivity contribution in [2.24, 2.45) is 5.73 Å². The van der Waals surface area contributed by atoms with Crippen molar-refractivity contribution in [1.29, 1.82) is 5.26 Å². The molecular formula is C12H16N2O2.